The molecule has 9 heteroatoms. The monoisotopic (exact) mass is 494 g/mol. The molecule has 1 fully saturated rings. The number of hydrogen-bond donors (Lipinski definition) is 1. The minimum absolute atomic E-state index is 0.0948. The molecule has 0 bridgehead atoms. The van der Waals surface area contributed by atoms with Crippen LogP contribution in [0.1, 0.15) is 16.7 Å². The van der Waals surface area contributed by atoms with Gasteiger partial charge in [-0.15, -0.1) is 0 Å². The zero-order valence-corrected chi connectivity index (χ0v) is 19.6. The lowest BCUT2D eigenvalue weighted by Crippen LogP contribution is -2.54. The van der Waals surface area contributed by atoms with Crippen LogP contribution in [0.3, 0.4) is 0 Å². The summed E-state index contributed by atoms with van der Waals surface area (Å²) >= 11 is 6.16. The van der Waals surface area contributed by atoms with E-state index in [9.17, 15) is 18.8 Å². The van der Waals surface area contributed by atoms with Gasteiger partial charge in [-0.05, 0) is 48.9 Å². The lowest BCUT2D eigenvalue weighted by molar-refractivity contribution is -0.122. The van der Waals surface area contributed by atoms with E-state index >= 15 is 0 Å². The molecule has 3 aromatic rings. The fourth-order valence-corrected chi connectivity index (χ4v) is 3.70. The molecule has 3 aromatic carbocycles. The Labute approximate surface area is 205 Å². The van der Waals surface area contributed by atoms with E-state index < -0.39 is 23.7 Å². The number of urea groups is 1. The maximum absolute atomic E-state index is 14.1. The number of anilines is 1. The Hall–Kier alpha value is -4.17. The maximum Gasteiger partial charge on any atom is 0.335 e. The summed E-state index contributed by atoms with van der Waals surface area (Å²) in [6, 6.07) is 14.8. The second-order valence-corrected chi connectivity index (χ2v) is 8.03. The maximum atomic E-state index is 14.1. The van der Waals surface area contributed by atoms with Crippen molar-refractivity contribution in [3.05, 3.63) is 93.8 Å². The number of nitrogens with zero attached hydrogens (tertiary/aromatic N) is 1. The number of amides is 4. The zero-order chi connectivity index (χ0) is 25.1. The average molecular weight is 495 g/mol. The third-order valence-electron chi connectivity index (χ3n) is 5.44. The fraction of sp³-hybridized carbons (Fsp3) is 0.115. The summed E-state index contributed by atoms with van der Waals surface area (Å²) < 4.78 is 25.1. The topological polar surface area (TPSA) is 84.9 Å². The second kappa shape index (κ2) is 9.99. The summed E-state index contributed by atoms with van der Waals surface area (Å²) in [4.78, 5) is 39.3. The van der Waals surface area contributed by atoms with E-state index in [1.807, 2.05) is 0 Å². The predicted octanol–water partition coefficient (Wildman–Crippen LogP) is 5.04. The Morgan fingerprint density at radius 1 is 1.06 bits per heavy atom. The van der Waals surface area contributed by atoms with Crippen molar-refractivity contribution in [2.75, 3.05) is 12.0 Å². The van der Waals surface area contributed by atoms with E-state index in [2.05, 4.69) is 5.32 Å². The Morgan fingerprint density at radius 2 is 1.83 bits per heavy atom. The lowest BCUT2D eigenvalue weighted by Gasteiger charge is -2.28. The number of barbiturate groups is 1. The van der Waals surface area contributed by atoms with Gasteiger partial charge in [-0.1, -0.05) is 35.9 Å². The number of ether oxygens (including phenoxy) is 2. The van der Waals surface area contributed by atoms with Crippen molar-refractivity contribution in [1.29, 1.82) is 0 Å². The molecule has 0 unspecified atom stereocenters. The van der Waals surface area contributed by atoms with E-state index in [1.54, 1.807) is 61.5 Å². The molecule has 0 aromatic heterocycles. The second-order valence-electron chi connectivity index (χ2n) is 7.63. The first kappa shape index (κ1) is 24.0. The highest BCUT2D eigenvalue weighted by Gasteiger charge is 2.37. The van der Waals surface area contributed by atoms with Crippen LogP contribution in [0.15, 0.2) is 66.2 Å². The number of imide groups is 2. The van der Waals surface area contributed by atoms with Gasteiger partial charge in [-0.25, -0.2) is 14.1 Å². The van der Waals surface area contributed by atoms with E-state index in [0.717, 1.165) is 4.90 Å². The van der Waals surface area contributed by atoms with E-state index in [4.69, 9.17) is 21.1 Å². The van der Waals surface area contributed by atoms with Crippen molar-refractivity contribution in [3.8, 4) is 11.5 Å². The number of carbonyl (C=O) groups excluding carboxylic acids is 3. The van der Waals surface area contributed by atoms with Gasteiger partial charge >= 0.3 is 6.03 Å². The van der Waals surface area contributed by atoms with Gasteiger partial charge in [-0.2, -0.15) is 0 Å². The van der Waals surface area contributed by atoms with Gasteiger partial charge in [-0.3, -0.25) is 14.9 Å². The molecule has 1 saturated heterocycles. The molecule has 4 amide bonds. The van der Waals surface area contributed by atoms with Crippen molar-refractivity contribution >= 4 is 41.2 Å². The third kappa shape index (κ3) is 4.88. The number of hydrogen-bond acceptors (Lipinski definition) is 5. The molecule has 0 spiro atoms. The standard InChI is InChI=1S/C26H20ClFN2O5/c1-15-20(27)7-5-9-22(15)30-25(32)19(24(31)29-26(30)33)12-16-10-11-18(34-2)13-23(16)35-14-17-6-3-4-8-21(17)28/h3-13H,14H2,1-2H3,(H,29,31,33)/b19-12+. The Kier molecular flexibility index (Phi) is 6.84. The Morgan fingerprint density at radius 3 is 2.57 bits per heavy atom. The van der Waals surface area contributed by atoms with E-state index in [0.29, 0.717) is 27.5 Å². The van der Waals surface area contributed by atoms with Gasteiger partial charge in [0.15, 0.2) is 0 Å². The molecule has 4 rings (SSSR count). The fourth-order valence-electron chi connectivity index (χ4n) is 3.53. The van der Waals surface area contributed by atoms with Crippen LogP contribution in [0.25, 0.3) is 6.08 Å². The minimum Gasteiger partial charge on any atom is -0.497 e. The molecule has 35 heavy (non-hydrogen) atoms. The first-order valence-corrected chi connectivity index (χ1v) is 10.9. The van der Waals surface area contributed by atoms with Gasteiger partial charge in [0.05, 0.1) is 12.8 Å². The van der Waals surface area contributed by atoms with Gasteiger partial charge in [0.25, 0.3) is 11.8 Å². The molecule has 0 aliphatic carbocycles. The SMILES string of the molecule is COc1ccc(/C=C2\C(=O)NC(=O)N(c3cccc(Cl)c3C)C2=O)c(OCc2ccccc2F)c1. The van der Waals surface area contributed by atoms with Crippen LogP contribution in [-0.2, 0) is 16.2 Å². The van der Waals surface area contributed by atoms with Crippen molar-refractivity contribution in [2.45, 2.75) is 13.5 Å². The van der Waals surface area contributed by atoms with E-state index in [1.165, 1.54) is 19.3 Å². The molecular weight excluding hydrogens is 475 g/mol. The summed E-state index contributed by atoms with van der Waals surface area (Å²) in [6.07, 6.45) is 1.31. The number of nitrogens with one attached hydrogen (secondary N) is 1. The van der Waals surface area contributed by atoms with E-state index in [-0.39, 0.29) is 23.6 Å². The van der Waals surface area contributed by atoms with Gasteiger partial charge in [0.2, 0.25) is 0 Å². The van der Waals surface area contributed by atoms with Gasteiger partial charge in [0.1, 0.15) is 29.5 Å². The molecule has 0 radical (unpaired) electrons. The summed E-state index contributed by atoms with van der Waals surface area (Å²) in [6.45, 7) is 1.57. The molecule has 178 valence electrons. The highest BCUT2D eigenvalue weighted by molar-refractivity contribution is 6.40. The average Bonchev–Trinajstić information content (AvgIpc) is 2.84. The summed E-state index contributed by atoms with van der Waals surface area (Å²) in [5.74, 6) is -1.39. The quantitative estimate of drug-likeness (QED) is 0.383. The summed E-state index contributed by atoms with van der Waals surface area (Å²) in [7, 11) is 1.48. The molecule has 0 atom stereocenters. The normalized spacial score (nSPS) is 14.8. The molecule has 1 N–H and O–H groups in total. The number of methoxy groups -OCH3 is 1. The third-order valence-corrected chi connectivity index (χ3v) is 5.85. The van der Waals surface area contributed by atoms with Crippen LogP contribution in [-0.4, -0.2) is 25.0 Å². The van der Waals surface area contributed by atoms with Gasteiger partial charge in [0, 0.05) is 22.2 Å². The molecule has 0 saturated carbocycles. The largest absolute Gasteiger partial charge is 0.497 e. The lowest BCUT2D eigenvalue weighted by atomic mass is 10.0. The summed E-state index contributed by atoms with van der Waals surface area (Å²) in [5, 5.41) is 2.55. The van der Waals surface area contributed by atoms with Crippen molar-refractivity contribution in [1.82, 2.24) is 5.32 Å². The van der Waals surface area contributed by atoms with Crippen LogP contribution in [0.5, 0.6) is 11.5 Å². The predicted molar refractivity (Wildman–Crippen MR) is 129 cm³/mol. The highest BCUT2D eigenvalue weighted by atomic mass is 35.5. The van der Waals surface area contributed by atoms with Crippen LogP contribution in [0.4, 0.5) is 14.9 Å². The van der Waals surface area contributed by atoms with Crippen molar-refractivity contribution < 1.29 is 28.2 Å². The first-order valence-electron chi connectivity index (χ1n) is 10.5. The van der Waals surface area contributed by atoms with Crippen LogP contribution < -0.4 is 19.7 Å². The van der Waals surface area contributed by atoms with Gasteiger partial charge < -0.3 is 9.47 Å². The smallest absolute Gasteiger partial charge is 0.335 e. The molecule has 1 heterocycles. The molecule has 1 aliphatic heterocycles. The van der Waals surface area contributed by atoms with Crippen LogP contribution >= 0.6 is 11.6 Å². The highest BCUT2D eigenvalue weighted by Crippen LogP contribution is 2.32. The van der Waals surface area contributed by atoms with Crippen LogP contribution in [0, 0.1) is 12.7 Å². The Balaban J connectivity index is 1.72. The Bertz CT molecular complexity index is 1370. The summed E-state index contributed by atoms with van der Waals surface area (Å²) in [5.41, 5.74) is 1.16. The number of rotatable bonds is 6. The van der Waals surface area contributed by atoms with Crippen LogP contribution in [0.2, 0.25) is 5.02 Å². The minimum atomic E-state index is -0.881. The zero-order valence-electron chi connectivity index (χ0n) is 18.8. The molecule has 1 aliphatic rings. The van der Waals surface area contributed by atoms with Crippen molar-refractivity contribution in [3.63, 3.8) is 0 Å². The number of halogens is 2. The molecular formula is C26H20ClFN2O5. The number of carbonyl (C=O) groups is 3. The van der Waals surface area contributed by atoms with Crippen molar-refractivity contribution in [2.24, 2.45) is 0 Å². The first-order chi connectivity index (χ1) is 16.8. The molecule has 7 nitrogen and oxygen atoms in total. The number of benzene rings is 3.